The van der Waals surface area contributed by atoms with Crippen molar-refractivity contribution in [2.75, 3.05) is 31.6 Å². The molecule has 0 saturated carbocycles. The van der Waals surface area contributed by atoms with E-state index in [0.29, 0.717) is 31.2 Å². The van der Waals surface area contributed by atoms with Gasteiger partial charge in [0.25, 0.3) is 0 Å². The van der Waals surface area contributed by atoms with Crippen LogP contribution in [-0.2, 0) is 16.1 Å². The maximum atomic E-state index is 12.4. The predicted octanol–water partition coefficient (Wildman–Crippen LogP) is 1.82. The van der Waals surface area contributed by atoms with Crippen molar-refractivity contribution >= 4 is 22.4 Å². The number of anilines is 1. The molecule has 2 saturated heterocycles. The molecule has 3 rings (SSSR count). The van der Waals surface area contributed by atoms with Crippen LogP contribution in [0.4, 0.5) is 5.13 Å². The lowest BCUT2D eigenvalue weighted by Gasteiger charge is -2.31. The van der Waals surface area contributed by atoms with Gasteiger partial charge in [0.15, 0.2) is 5.13 Å². The zero-order valence-corrected chi connectivity index (χ0v) is 14.5. The van der Waals surface area contributed by atoms with Crippen molar-refractivity contribution in [1.82, 2.24) is 9.88 Å². The van der Waals surface area contributed by atoms with Crippen molar-refractivity contribution in [3.63, 3.8) is 0 Å². The van der Waals surface area contributed by atoms with E-state index in [1.54, 1.807) is 0 Å². The average molecular weight is 338 g/mol. The summed E-state index contributed by atoms with van der Waals surface area (Å²) in [5, 5.41) is 5.56. The Kier molecular flexibility index (Phi) is 5.31. The first-order chi connectivity index (χ1) is 11.0. The molecule has 2 fully saturated rings. The summed E-state index contributed by atoms with van der Waals surface area (Å²) >= 11 is 1.47. The number of nitrogens with two attached hydrogens (primary N) is 1. The van der Waals surface area contributed by atoms with Crippen LogP contribution in [0.5, 0.6) is 0 Å². The second kappa shape index (κ2) is 7.25. The first-order valence-corrected chi connectivity index (χ1v) is 9.28. The van der Waals surface area contributed by atoms with Gasteiger partial charge in [-0.05, 0) is 38.1 Å². The molecule has 1 unspecified atom stereocenters. The van der Waals surface area contributed by atoms with Crippen molar-refractivity contribution in [2.24, 2.45) is 11.7 Å². The monoisotopic (exact) mass is 338 g/mol. The van der Waals surface area contributed by atoms with Crippen molar-refractivity contribution in [3.8, 4) is 0 Å². The van der Waals surface area contributed by atoms with E-state index in [9.17, 15) is 4.79 Å². The van der Waals surface area contributed by atoms with Crippen molar-refractivity contribution in [1.29, 1.82) is 0 Å². The summed E-state index contributed by atoms with van der Waals surface area (Å²) in [6.07, 6.45) is 3.69. The van der Waals surface area contributed by atoms with E-state index in [0.717, 1.165) is 31.2 Å². The molecule has 128 valence electrons. The number of aromatic nitrogens is 1. The first-order valence-electron chi connectivity index (χ1n) is 8.40. The van der Waals surface area contributed by atoms with E-state index in [2.05, 4.69) is 22.1 Å². The van der Waals surface area contributed by atoms with Gasteiger partial charge in [0.05, 0.1) is 5.69 Å². The lowest BCUT2D eigenvalue weighted by atomic mass is 9.90. The molecule has 3 N–H and O–H groups in total. The summed E-state index contributed by atoms with van der Waals surface area (Å²) in [6, 6.07) is 0. The van der Waals surface area contributed by atoms with Crippen LogP contribution in [-0.4, -0.2) is 47.6 Å². The fraction of sp³-hybridized carbons (Fsp3) is 0.750. The van der Waals surface area contributed by atoms with Gasteiger partial charge in [0.2, 0.25) is 5.91 Å². The largest absolute Gasteiger partial charge is 0.381 e. The highest BCUT2D eigenvalue weighted by atomic mass is 32.1. The molecule has 6 nitrogen and oxygen atoms in total. The fourth-order valence-corrected chi connectivity index (χ4v) is 3.98. The normalized spacial score (nSPS) is 25.2. The molecule has 1 atom stereocenters. The molecule has 0 bridgehead atoms. The molecular formula is C16H26N4O2S. The first kappa shape index (κ1) is 16.8. The molecule has 0 aliphatic carbocycles. The molecule has 1 aromatic rings. The van der Waals surface area contributed by atoms with Crippen LogP contribution in [0.25, 0.3) is 0 Å². The molecule has 23 heavy (non-hydrogen) atoms. The van der Waals surface area contributed by atoms with Crippen LogP contribution < -0.4 is 11.1 Å². The molecule has 0 radical (unpaired) electrons. The van der Waals surface area contributed by atoms with Crippen LogP contribution in [0.15, 0.2) is 5.38 Å². The predicted molar refractivity (Wildman–Crippen MR) is 91.4 cm³/mol. The Hall–Kier alpha value is -1.02. The Morgan fingerprint density at radius 3 is 3.09 bits per heavy atom. The number of likely N-dealkylation sites (tertiary alicyclic amines) is 1. The van der Waals surface area contributed by atoms with Crippen molar-refractivity contribution in [3.05, 3.63) is 11.1 Å². The van der Waals surface area contributed by atoms with E-state index in [1.807, 2.05) is 5.38 Å². The number of carbonyl (C=O) groups excluding carboxylic acids is 1. The Bertz CT molecular complexity index is 542. The highest BCUT2D eigenvalue weighted by Crippen LogP contribution is 2.23. The number of nitrogens with zero attached hydrogens (tertiary/aromatic N) is 2. The van der Waals surface area contributed by atoms with E-state index >= 15 is 0 Å². The van der Waals surface area contributed by atoms with Crippen LogP contribution in [0.1, 0.15) is 38.3 Å². The van der Waals surface area contributed by atoms with Crippen molar-refractivity contribution in [2.45, 2.75) is 44.7 Å². The molecule has 1 amide bonds. The van der Waals surface area contributed by atoms with Gasteiger partial charge in [-0.1, -0.05) is 6.92 Å². The number of ether oxygens (including phenoxy) is 1. The maximum Gasteiger partial charge on any atom is 0.246 e. The van der Waals surface area contributed by atoms with Crippen molar-refractivity contribution < 1.29 is 9.53 Å². The van der Waals surface area contributed by atoms with E-state index in [1.165, 1.54) is 24.2 Å². The minimum atomic E-state index is -0.827. The molecule has 0 spiro atoms. The second-order valence-electron chi connectivity index (χ2n) is 6.85. The number of carbonyl (C=O) groups is 1. The minimum absolute atomic E-state index is 0.145. The number of rotatable bonds is 4. The average Bonchev–Trinajstić information content (AvgIpc) is 2.95. The number of piperidine rings is 1. The van der Waals surface area contributed by atoms with Gasteiger partial charge < -0.3 is 15.8 Å². The third-order valence-corrected chi connectivity index (χ3v) is 5.54. The maximum absolute atomic E-state index is 12.4. The van der Waals surface area contributed by atoms with E-state index in [-0.39, 0.29) is 5.91 Å². The Labute approximate surface area is 141 Å². The topological polar surface area (TPSA) is 80.5 Å². The SMILES string of the molecule is CC1CCCN(Cc2csc(NC(=O)C3(N)CCOCC3)n2)C1. The lowest BCUT2D eigenvalue weighted by molar-refractivity contribution is -0.124. The lowest BCUT2D eigenvalue weighted by Crippen LogP contribution is -2.54. The summed E-state index contributed by atoms with van der Waals surface area (Å²) in [7, 11) is 0. The summed E-state index contributed by atoms with van der Waals surface area (Å²) in [4.78, 5) is 19.4. The molecular weight excluding hydrogens is 312 g/mol. The summed E-state index contributed by atoms with van der Waals surface area (Å²) in [5.74, 6) is 0.612. The van der Waals surface area contributed by atoms with Crippen LogP contribution in [0, 0.1) is 5.92 Å². The van der Waals surface area contributed by atoms with Crippen LogP contribution in [0.2, 0.25) is 0 Å². The van der Waals surface area contributed by atoms with Gasteiger partial charge in [-0.15, -0.1) is 11.3 Å². The Balaban J connectivity index is 1.55. The molecule has 7 heteroatoms. The van der Waals surface area contributed by atoms with Crippen LogP contribution in [0.3, 0.4) is 0 Å². The highest BCUT2D eigenvalue weighted by Gasteiger charge is 2.36. The van der Waals surface area contributed by atoms with Gasteiger partial charge in [-0.3, -0.25) is 9.69 Å². The molecule has 2 aliphatic heterocycles. The van der Waals surface area contributed by atoms with Gasteiger partial charge in [-0.2, -0.15) is 0 Å². The molecule has 1 aromatic heterocycles. The standard InChI is InChI=1S/C16H26N4O2S/c1-12-3-2-6-20(9-12)10-13-11-23-15(18-13)19-14(21)16(17)4-7-22-8-5-16/h11-12H,2-10,17H2,1H3,(H,18,19,21). The van der Waals surface area contributed by atoms with Gasteiger partial charge in [0.1, 0.15) is 5.54 Å². The number of thiazole rings is 1. The van der Waals surface area contributed by atoms with E-state index in [4.69, 9.17) is 10.5 Å². The van der Waals surface area contributed by atoms with Crippen LogP contribution >= 0.6 is 11.3 Å². The Morgan fingerprint density at radius 2 is 2.35 bits per heavy atom. The number of nitrogens with one attached hydrogen (secondary N) is 1. The van der Waals surface area contributed by atoms with Gasteiger partial charge in [-0.25, -0.2) is 4.98 Å². The zero-order chi connectivity index (χ0) is 16.3. The smallest absolute Gasteiger partial charge is 0.246 e. The van der Waals surface area contributed by atoms with Gasteiger partial charge in [0, 0.05) is 31.7 Å². The third kappa shape index (κ3) is 4.29. The third-order valence-electron chi connectivity index (χ3n) is 4.74. The highest BCUT2D eigenvalue weighted by molar-refractivity contribution is 7.13. The summed E-state index contributed by atoms with van der Waals surface area (Å²) in [5.41, 5.74) is 6.40. The fourth-order valence-electron chi connectivity index (χ4n) is 3.28. The molecule has 0 aromatic carbocycles. The second-order valence-corrected chi connectivity index (χ2v) is 7.71. The summed E-state index contributed by atoms with van der Waals surface area (Å²) in [6.45, 7) is 6.51. The quantitative estimate of drug-likeness (QED) is 0.875. The number of hydrogen-bond donors (Lipinski definition) is 2. The minimum Gasteiger partial charge on any atom is -0.381 e. The van der Waals surface area contributed by atoms with Gasteiger partial charge >= 0.3 is 0 Å². The zero-order valence-electron chi connectivity index (χ0n) is 13.7. The summed E-state index contributed by atoms with van der Waals surface area (Å²) < 4.78 is 5.28. The molecule has 2 aliphatic rings. The molecule has 3 heterocycles. The number of hydrogen-bond acceptors (Lipinski definition) is 6. The Morgan fingerprint density at radius 1 is 1.57 bits per heavy atom. The number of amides is 1. The van der Waals surface area contributed by atoms with E-state index < -0.39 is 5.54 Å².